The van der Waals surface area contributed by atoms with E-state index < -0.39 is 23.8 Å². The highest BCUT2D eigenvalue weighted by Gasteiger charge is 2.51. The van der Waals surface area contributed by atoms with Gasteiger partial charge in [-0.15, -0.1) is 0 Å². The minimum atomic E-state index is -1.65. The molecule has 1 aliphatic rings. The van der Waals surface area contributed by atoms with Crippen LogP contribution in [0.2, 0.25) is 0 Å². The molecule has 0 amide bonds. The van der Waals surface area contributed by atoms with Gasteiger partial charge >= 0.3 is 5.97 Å². The van der Waals surface area contributed by atoms with Crippen molar-refractivity contribution in [3.8, 4) is 0 Å². The smallest absolute Gasteiger partial charge is 0.338 e. The van der Waals surface area contributed by atoms with Crippen LogP contribution in [0.5, 0.6) is 0 Å². The van der Waals surface area contributed by atoms with E-state index in [0.29, 0.717) is 0 Å². The predicted octanol–water partition coefficient (Wildman–Crippen LogP) is -1.42. The average molecular weight is 162 g/mol. The molecule has 0 aromatic heterocycles. The quantitative estimate of drug-likeness (QED) is 0.440. The first-order valence-corrected chi connectivity index (χ1v) is 3.22. The minimum absolute atomic E-state index is 0.135. The molecule has 1 fully saturated rings. The van der Waals surface area contributed by atoms with Gasteiger partial charge in [0.15, 0.2) is 5.60 Å². The first-order valence-electron chi connectivity index (χ1n) is 3.22. The summed E-state index contributed by atoms with van der Waals surface area (Å²) in [4.78, 5) is 10.5. The van der Waals surface area contributed by atoms with Gasteiger partial charge in [0.1, 0.15) is 12.2 Å². The number of aliphatic hydroxyl groups excluding tert-OH is 2. The molecule has 0 bridgehead atoms. The summed E-state index contributed by atoms with van der Waals surface area (Å²) in [6.07, 6.45) is -2.45. The van der Waals surface area contributed by atoms with Crippen LogP contribution in [-0.4, -0.2) is 45.7 Å². The fourth-order valence-electron chi connectivity index (χ4n) is 0.990. The second-order valence-electron chi connectivity index (χ2n) is 2.74. The monoisotopic (exact) mass is 162 g/mol. The number of ether oxygens (including phenoxy) is 1. The Kier molecular flexibility index (Phi) is 1.87. The molecule has 0 aliphatic carbocycles. The van der Waals surface area contributed by atoms with Gasteiger partial charge in [0.05, 0.1) is 6.61 Å². The molecule has 1 heterocycles. The van der Waals surface area contributed by atoms with E-state index in [4.69, 9.17) is 20.1 Å². The van der Waals surface area contributed by atoms with Crippen molar-refractivity contribution >= 4 is 5.97 Å². The molecule has 0 aromatic rings. The Balaban J connectivity index is 2.81. The normalized spacial score (nSPS) is 44.3. The largest absolute Gasteiger partial charge is 0.479 e. The maximum atomic E-state index is 10.5. The maximum absolute atomic E-state index is 10.5. The SMILES string of the molecule is C[C@@]1(C(=O)O)OCC(O)C1O. The molecule has 5 heteroatoms. The van der Waals surface area contributed by atoms with Gasteiger partial charge < -0.3 is 20.1 Å². The van der Waals surface area contributed by atoms with Crippen LogP contribution in [0.4, 0.5) is 0 Å². The van der Waals surface area contributed by atoms with E-state index in [2.05, 4.69) is 0 Å². The Bertz CT molecular complexity index is 180. The van der Waals surface area contributed by atoms with Gasteiger partial charge in [-0.3, -0.25) is 0 Å². The molecule has 1 saturated heterocycles. The van der Waals surface area contributed by atoms with Crippen LogP contribution >= 0.6 is 0 Å². The number of hydrogen-bond donors (Lipinski definition) is 3. The average Bonchev–Trinajstić information content (AvgIpc) is 2.18. The van der Waals surface area contributed by atoms with Crippen LogP contribution in [0.3, 0.4) is 0 Å². The molecule has 11 heavy (non-hydrogen) atoms. The molecule has 3 N–H and O–H groups in total. The van der Waals surface area contributed by atoms with E-state index in [1.54, 1.807) is 0 Å². The number of carbonyl (C=O) groups is 1. The van der Waals surface area contributed by atoms with Crippen molar-refractivity contribution in [2.45, 2.75) is 24.7 Å². The molecular weight excluding hydrogens is 152 g/mol. The number of carboxylic acids is 1. The zero-order valence-corrected chi connectivity index (χ0v) is 6.02. The van der Waals surface area contributed by atoms with Crippen molar-refractivity contribution in [1.82, 2.24) is 0 Å². The van der Waals surface area contributed by atoms with Gasteiger partial charge in [0.2, 0.25) is 0 Å². The minimum Gasteiger partial charge on any atom is -0.479 e. The molecule has 0 aromatic carbocycles. The van der Waals surface area contributed by atoms with Crippen LogP contribution in [0.15, 0.2) is 0 Å². The van der Waals surface area contributed by atoms with Crippen LogP contribution in [0.25, 0.3) is 0 Å². The predicted molar refractivity (Wildman–Crippen MR) is 34.0 cm³/mol. The van der Waals surface area contributed by atoms with E-state index in [9.17, 15) is 4.79 Å². The zero-order chi connectivity index (χ0) is 8.65. The molecule has 0 saturated carbocycles. The van der Waals surface area contributed by atoms with Crippen molar-refractivity contribution in [2.75, 3.05) is 6.61 Å². The van der Waals surface area contributed by atoms with Crippen molar-refractivity contribution < 1.29 is 24.9 Å². The Morgan fingerprint density at radius 2 is 2.18 bits per heavy atom. The first-order chi connectivity index (χ1) is 4.98. The number of aliphatic hydroxyl groups is 2. The number of carboxylic acid groups (broad SMARTS) is 1. The lowest BCUT2D eigenvalue weighted by atomic mass is 9.98. The van der Waals surface area contributed by atoms with Gasteiger partial charge in [0.25, 0.3) is 0 Å². The molecule has 3 atom stereocenters. The molecule has 1 rings (SSSR count). The molecule has 0 radical (unpaired) electrons. The van der Waals surface area contributed by atoms with E-state index in [1.165, 1.54) is 6.92 Å². The van der Waals surface area contributed by atoms with E-state index in [1.807, 2.05) is 0 Å². The van der Waals surface area contributed by atoms with E-state index in [-0.39, 0.29) is 6.61 Å². The van der Waals surface area contributed by atoms with Crippen molar-refractivity contribution in [3.05, 3.63) is 0 Å². The fourth-order valence-corrected chi connectivity index (χ4v) is 0.990. The van der Waals surface area contributed by atoms with Gasteiger partial charge in [-0.05, 0) is 6.92 Å². The maximum Gasteiger partial charge on any atom is 0.338 e. The molecule has 0 spiro atoms. The Morgan fingerprint density at radius 3 is 2.36 bits per heavy atom. The molecule has 1 aliphatic heterocycles. The lowest BCUT2D eigenvalue weighted by molar-refractivity contribution is -0.166. The summed E-state index contributed by atoms with van der Waals surface area (Å²) in [5, 5.41) is 26.6. The molecule has 2 unspecified atom stereocenters. The third kappa shape index (κ3) is 1.11. The van der Waals surface area contributed by atoms with Crippen LogP contribution in [0, 0.1) is 0 Å². The standard InChI is InChI=1S/C6H10O5/c1-6(5(9)10)4(8)3(7)2-11-6/h3-4,7-8H,2H2,1H3,(H,9,10)/t3?,4?,6-/m1/s1. The zero-order valence-electron chi connectivity index (χ0n) is 6.02. The van der Waals surface area contributed by atoms with Gasteiger partial charge in [-0.2, -0.15) is 0 Å². The second kappa shape index (κ2) is 2.44. The molecular formula is C6H10O5. The number of hydrogen-bond acceptors (Lipinski definition) is 4. The van der Waals surface area contributed by atoms with Crippen LogP contribution < -0.4 is 0 Å². The summed E-state index contributed by atoms with van der Waals surface area (Å²) in [7, 11) is 0. The first kappa shape index (κ1) is 8.45. The summed E-state index contributed by atoms with van der Waals surface area (Å²) in [5.41, 5.74) is -1.65. The Morgan fingerprint density at radius 1 is 1.64 bits per heavy atom. The Labute approximate surface area is 63.2 Å². The summed E-state index contributed by atoms with van der Waals surface area (Å²) in [6.45, 7) is 1.10. The number of rotatable bonds is 1. The van der Waals surface area contributed by atoms with Crippen LogP contribution in [-0.2, 0) is 9.53 Å². The van der Waals surface area contributed by atoms with Crippen molar-refractivity contribution in [2.24, 2.45) is 0 Å². The highest BCUT2D eigenvalue weighted by atomic mass is 16.6. The summed E-state index contributed by atoms with van der Waals surface area (Å²) in [6, 6.07) is 0. The van der Waals surface area contributed by atoms with E-state index >= 15 is 0 Å². The lowest BCUT2D eigenvalue weighted by Crippen LogP contribution is -2.47. The summed E-state index contributed by atoms with van der Waals surface area (Å²) < 4.78 is 4.73. The Hall–Kier alpha value is -0.650. The van der Waals surface area contributed by atoms with Gasteiger partial charge in [0, 0.05) is 0 Å². The highest BCUT2D eigenvalue weighted by Crippen LogP contribution is 2.25. The third-order valence-electron chi connectivity index (χ3n) is 1.91. The summed E-state index contributed by atoms with van der Waals surface area (Å²) in [5.74, 6) is -1.26. The fraction of sp³-hybridized carbons (Fsp3) is 0.833. The van der Waals surface area contributed by atoms with Crippen molar-refractivity contribution in [3.63, 3.8) is 0 Å². The summed E-state index contributed by atoms with van der Waals surface area (Å²) >= 11 is 0. The van der Waals surface area contributed by atoms with Crippen LogP contribution in [0.1, 0.15) is 6.92 Å². The van der Waals surface area contributed by atoms with Crippen molar-refractivity contribution in [1.29, 1.82) is 0 Å². The number of aliphatic carboxylic acids is 1. The molecule has 5 nitrogen and oxygen atoms in total. The lowest BCUT2D eigenvalue weighted by Gasteiger charge is -2.21. The molecule has 64 valence electrons. The highest BCUT2D eigenvalue weighted by molar-refractivity contribution is 5.78. The van der Waals surface area contributed by atoms with E-state index in [0.717, 1.165) is 0 Å². The third-order valence-corrected chi connectivity index (χ3v) is 1.91. The van der Waals surface area contributed by atoms with Gasteiger partial charge in [-0.25, -0.2) is 4.79 Å². The van der Waals surface area contributed by atoms with Gasteiger partial charge in [-0.1, -0.05) is 0 Å². The second-order valence-corrected chi connectivity index (χ2v) is 2.74. The topological polar surface area (TPSA) is 87.0 Å².